The van der Waals surface area contributed by atoms with E-state index in [0.717, 1.165) is 11.5 Å². The number of nitrogens with zero attached hydrogens (tertiary/aromatic N) is 1. The zero-order valence-electron chi connectivity index (χ0n) is 12.7. The zero-order chi connectivity index (χ0) is 13.8. The number of thioether (sulfide) groups is 2. The quantitative estimate of drug-likeness (QED) is 0.665. The van der Waals surface area contributed by atoms with E-state index in [-0.39, 0.29) is 19.5 Å². The second-order valence-corrected chi connectivity index (χ2v) is 10.0. The number of pyridine rings is 1. The largest absolute Gasteiger partial charge is 0.256 e. The fourth-order valence-electron chi connectivity index (χ4n) is 1.27. The van der Waals surface area contributed by atoms with Gasteiger partial charge in [0.05, 0.1) is 11.4 Å². The van der Waals surface area contributed by atoms with Crippen LogP contribution in [0.4, 0.5) is 0 Å². The summed E-state index contributed by atoms with van der Waals surface area (Å²) in [5.74, 6) is 2.00. The van der Waals surface area contributed by atoms with Gasteiger partial charge in [0, 0.05) is 40.5 Å². The maximum atomic E-state index is 4.74. The SMILES string of the molecule is CC(C)(C)SCc1cccc(CSC(C)(C)C)n1.[Rh]. The van der Waals surface area contributed by atoms with Crippen LogP contribution >= 0.6 is 23.5 Å². The first-order valence-electron chi connectivity index (χ1n) is 6.38. The van der Waals surface area contributed by atoms with Crippen LogP contribution in [0.5, 0.6) is 0 Å². The maximum absolute atomic E-state index is 4.74. The van der Waals surface area contributed by atoms with E-state index in [4.69, 9.17) is 4.98 Å². The van der Waals surface area contributed by atoms with E-state index < -0.39 is 0 Å². The Labute approximate surface area is 139 Å². The molecule has 0 aliphatic rings. The molecule has 19 heavy (non-hydrogen) atoms. The fraction of sp³-hybridized carbons (Fsp3) is 0.667. The third-order valence-corrected chi connectivity index (χ3v) is 4.78. The molecule has 0 atom stereocenters. The topological polar surface area (TPSA) is 12.9 Å². The van der Waals surface area contributed by atoms with Gasteiger partial charge in [-0.25, -0.2) is 0 Å². The number of hydrogen-bond acceptors (Lipinski definition) is 3. The molecule has 0 aliphatic carbocycles. The van der Waals surface area contributed by atoms with E-state index in [0.29, 0.717) is 9.49 Å². The van der Waals surface area contributed by atoms with Crippen LogP contribution in [0.15, 0.2) is 18.2 Å². The van der Waals surface area contributed by atoms with Gasteiger partial charge in [-0.05, 0) is 12.1 Å². The van der Waals surface area contributed by atoms with Crippen LogP contribution in [0.25, 0.3) is 0 Å². The van der Waals surface area contributed by atoms with Crippen LogP contribution in [0.1, 0.15) is 52.9 Å². The first kappa shape index (κ1) is 19.5. The molecule has 0 saturated carbocycles. The van der Waals surface area contributed by atoms with Crippen molar-refractivity contribution in [3.63, 3.8) is 0 Å². The molecule has 0 aliphatic heterocycles. The van der Waals surface area contributed by atoms with Gasteiger partial charge < -0.3 is 0 Å². The van der Waals surface area contributed by atoms with E-state index in [1.807, 2.05) is 23.5 Å². The third-order valence-electron chi connectivity index (χ3n) is 2.17. The van der Waals surface area contributed by atoms with Crippen LogP contribution in [0.3, 0.4) is 0 Å². The Morgan fingerprint density at radius 2 is 1.21 bits per heavy atom. The summed E-state index contributed by atoms with van der Waals surface area (Å²) in [7, 11) is 0. The molecule has 0 amide bonds. The van der Waals surface area contributed by atoms with Gasteiger partial charge in [-0.15, -0.1) is 23.5 Å². The van der Waals surface area contributed by atoms with Crippen molar-refractivity contribution in [2.45, 2.75) is 62.5 Å². The van der Waals surface area contributed by atoms with Gasteiger partial charge in [-0.3, -0.25) is 4.98 Å². The molecule has 1 radical (unpaired) electrons. The molecule has 1 nitrogen and oxygen atoms in total. The molecule has 1 rings (SSSR count). The first-order valence-corrected chi connectivity index (χ1v) is 8.36. The molecule has 0 saturated heterocycles. The Hall–Kier alpha value is 0.473. The minimum atomic E-state index is 0. The van der Waals surface area contributed by atoms with Crippen molar-refractivity contribution in [2.24, 2.45) is 0 Å². The van der Waals surface area contributed by atoms with Crippen LogP contribution in [-0.4, -0.2) is 14.5 Å². The predicted molar refractivity (Wildman–Crippen MR) is 86.3 cm³/mol. The molecule has 0 unspecified atom stereocenters. The monoisotopic (exact) mass is 386 g/mol. The third kappa shape index (κ3) is 9.93. The molecule has 0 bridgehead atoms. The van der Waals surface area contributed by atoms with Crippen LogP contribution < -0.4 is 0 Å². The second kappa shape index (κ2) is 8.05. The zero-order valence-corrected chi connectivity index (χ0v) is 16.0. The first-order chi connectivity index (χ1) is 8.16. The molecule has 0 fully saturated rings. The summed E-state index contributed by atoms with van der Waals surface area (Å²) in [6.07, 6.45) is 0. The number of aromatic nitrogens is 1. The fourth-order valence-corrected chi connectivity index (χ4v) is 2.75. The van der Waals surface area contributed by atoms with Gasteiger partial charge in [0.2, 0.25) is 0 Å². The van der Waals surface area contributed by atoms with Gasteiger partial charge in [-0.2, -0.15) is 0 Å². The van der Waals surface area contributed by atoms with Crippen molar-refractivity contribution in [3.05, 3.63) is 29.6 Å². The molecule has 111 valence electrons. The van der Waals surface area contributed by atoms with Crippen molar-refractivity contribution in [1.29, 1.82) is 0 Å². The number of rotatable bonds is 4. The van der Waals surface area contributed by atoms with E-state index in [1.165, 1.54) is 11.4 Å². The van der Waals surface area contributed by atoms with E-state index in [2.05, 4.69) is 59.7 Å². The molecular weight excluding hydrogens is 361 g/mol. The minimum Gasteiger partial charge on any atom is -0.256 e. The molecule has 4 heteroatoms. The average molecular weight is 386 g/mol. The summed E-state index contributed by atoms with van der Waals surface area (Å²) in [6.45, 7) is 13.5. The average Bonchev–Trinajstić information content (AvgIpc) is 2.22. The maximum Gasteiger partial charge on any atom is 0.0506 e. The van der Waals surface area contributed by atoms with Gasteiger partial charge in [-0.1, -0.05) is 47.6 Å². The van der Waals surface area contributed by atoms with E-state index >= 15 is 0 Å². The second-order valence-electron chi connectivity index (χ2n) is 6.42. The van der Waals surface area contributed by atoms with Crippen LogP contribution in [-0.2, 0) is 31.0 Å². The summed E-state index contributed by atoms with van der Waals surface area (Å²) >= 11 is 3.90. The molecule has 0 spiro atoms. The Bertz CT molecular complexity index is 347. The summed E-state index contributed by atoms with van der Waals surface area (Å²) < 4.78 is 0.607. The summed E-state index contributed by atoms with van der Waals surface area (Å²) in [5.41, 5.74) is 2.39. The summed E-state index contributed by atoms with van der Waals surface area (Å²) in [6, 6.07) is 6.39. The Morgan fingerprint density at radius 3 is 1.53 bits per heavy atom. The Balaban J connectivity index is 0.00000324. The Morgan fingerprint density at radius 1 is 0.842 bits per heavy atom. The number of hydrogen-bond donors (Lipinski definition) is 0. The van der Waals surface area contributed by atoms with Crippen LogP contribution in [0.2, 0.25) is 0 Å². The summed E-state index contributed by atoms with van der Waals surface area (Å²) in [5, 5.41) is 0. The van der Waals surface area contributed by atoms with Crippen molar-refractivity contribution in [1.82, 2.24) is 4.98 Å². The van der Waals surface area contributed by atoms with E-state index in [9.17, 15) is 0 Å². The molecule has 0 N–H and O–H groups in total. The molecule has 1 aromatic rings. The smallest absolute Gasteiger partial charge is 0.0506 e. The normalized spacial score (nSPS) is 12.1. The van der Waals surface area contributed by atoms with Gasteiger partial charge in [0.25, 0.3) is 0 Å². The molecule has 0 aromatic carbocycles. The molecule has 1 heterocycles. The van der Waals surface area contributed by atoms with Crippen molar-refractivity contribution < 1.29 is 19.5 Å². The summed E-state index contributed by atoms with van der Waals surface area (Å²) in [4.78, 5) is 4.74. The van der Waals surface area contributed by atoms with Gasteiger partial charge >= 0.3 is 0 Å². The molecular formula is C15H25NRhS2. The van der Waals surface area contributed by atoms with Gasteiger partial charge in [0.15, 0.2) is 0 Å². The van der Waals surface area contributed by atoms with E-state index in [1.54, 1.807) is 0 Å². The van der Waals surface area contributed by atoms with Crippen molar-refractivity contribution in [2.75, 3.05) is 0 Å². The van der Waals surface area contributed by atoms with Gasteiger partial charge in [0.1, 0.15) is 0 Å². The standard InChI is InChI=1S/C15H25NS2.Rh/c1-14(2,3)17-10-12-8-7-9-13(16-12)11-18-15(4,5)6;/h7-9H,10-11H2,1-6H3;. The predicted octanol–water partition coefficient (Wildman–Crippen LogP) is 5.14. The van der Waals surface area contributed by atoms with Crippen molar-refractivity contribution in [3.8, 4) is 0 Å². The molecule has 1 aromatic heterocycles. The van der Waals surface area contributed by atoms with Crippen molar-refractivity contribution >= 4 is 23.5 Å². The Kier molecular flexibility index (Phi) is 8.25. The van der Waals surface area contributed by atoms with Crippen LogP contribution in [0, 0.1) is 0 Å². The minimum absolute atomic E-state index is 0.